The maximum Gasteiger partial charge on any atom is 0.261 e. The zero-order valence-electron chi connectivity index (χ0n) is 11.7. The highest BCUT2D eigenvalue weighted by molar-refractivity contribution is 7.92. The van der Waals surface area contributed by atoms with Crippen molar-refractivity contribution in [3.63, 3.8) is 0 Å². The van der Waals surface area contributed by atoms with Gasteiger partial charge in [0.2, 0.25) is 0 Å². The van der Waals surface area contributed by atoms with Gasteiger partial charge in [0.05, 0.1) is 17.2 Å². The minimum absolute atomic E-state index is 0.254. The first-order valence-electron chi connectivity index (χ1n) is 6.98. The first-order chi connectivity index (χ1) is 10.6. The van der Waals surface area contributed by atoms with Gasteiger partial charge in [-0.15, -0.1) is 0 Å². The summed E-state index contributed by atoms with van der Waals surface area (Å²) in [6.45, 7) is 0.606. The number of anilines is 1. The fourth-order valence-electron chi connectivity index (χ4n) is 2.71. The highest BCUT2D eigenvalue weighted by atomic mass is 32.2. The summed E-state index contributed by atoms with van der Waals surface area (Å²) in [6, 6.07) is 12.3. The van der Waals surface area contributed by atoms with Gasteiger partial charge in [-0.2, -0.15) is 0 Å². The van der Waals surface area contributed by atoms with E-state index >= 15 is 0 Å². The molecule has 0 bridgehead atoms. The summed E-state index contributed by atoms with van der Waals surface area (Å²) >= 11 is 0. The summed E-state index contributed by atoms with van der Waals surface area (Å²) in [4.78, 5) is 3.32. The number of aromatic amines is 1. The zero-order chi connectivity index (χ0) is 15.2. The van der Waals surface area contributed by atoms with Crippen LogP contribution in [-0.2, 0) is 16.4 Å². The fraction of sp³-hybridized carbons (Fsp3) is 0.125. The molecule has 1 aromatic heterocycles. The van der Waals surface area contributed by atoms with E-state index in [0.29, 0.717) is 12.3 Å². The number of H-pyrrole nitrogens is 1. The van der Waals surface area contributed by atoms with Crippen LogP contribution >= 0.6 is 0 Å². The molecule has 0 saturated heterocycles. The third-order valence-electron chi connectivity index (χ3n) is 3.81. The van der Waals surface area contributed by atoms with Crippen molar-refractivity contribution in [1.82, 2.24) is 4.98 Å². The molecule has 3 aromatic rings. The number of benzene rings is 2. The van der Waals surface area contributed by atoms with Gasteiger partial charge in [-0.3, -0.25) is 4.72 Å². The lowest BCUT2D eigenvalue weighted by molar-refractivity contribution is 0.356. The van der Waals surface area contributed by atoms with E-state index in [1.807, 2.05) is 18.2 Å². The van der Waals surface area contributed by atoms with E-state index in [1.54, 1.807) is 30.5 Å². The Labute approximate surface area is 128 Å². The largest absolute Gasteiger partial charge is 0.493 e. The average molecular weight is 314 g/mol. The SMILES string of the molecule is O=S(=O)(Nc1cccc2[nH]ccc12)c1ccc2c(c1)CCO2. The number of ether oxygens (including phenoxy) is 1. The van der Waals surface area contributed by atoms with Crippen LogP contribution in [0.3, 0.4) is 0 Å². The normalized spacial score (nSPS) is 13.8. The summed E-state index contributed by atoms with van der Waals surface area (Å²) < 4.78 is 33.3. The van der Waals surface area contributed by atoms with Crippen LogP contribution in [0.15, 0.2) is 53.6 Å². The van der Waals surface area contributed by atoms with E-state index in [4.69, 9.17) is 4.74 Å². The molecular weight excluding hydrogens is 300 g/mol. The summed E-state index contributed by atoms with van der Waals surface area (Å²) in [5, 5.41) is 0.843. The molecule has 22 heavy (non-hydrogen) atoms. The third kappa shape index (κ3) is 2.12. The van der Waals surface area contributed by atoms with Crippen molar-refractivity contribution >= 4 is 26.6 Å². The second-order valence-electron chi connectivity index (χ2n) is 5.22. The number of hydrogen-bond acceptors (Lipinski definition) is 3. The molecular formula is C16H14N2O3S. The van der Waals surface area contributed by atoms with E-state index in [-0.39, 0.29) is 4.90 Å². The molecule has 5 nitrogen and oxygen atoms in total. The first-order valence-corrected chi connectivity index (χ1v) is 8.46. The topological polar surface area (TPSA) is 71.2 Å². The van der Waals surface area contributed by atoms with Gasteiger partial charge < -0.3 is 9.72 Å². The number of hydrogen-bond donors (Lipinski definition) is 2. The van der Waals surface area contributed by atoms with Crippen LogP contribution in [0.5, 0.6) is 5.75 Å². The van der Waals surface area contributed by atoms with Crippen LogP contribution in [0, 0.1) is 0 Å². The summed E-state index contributed by atoms with van der Waals surface area (Å²) in [7, 11) is -3.62. The molecule has 112 valence electrons. The molecule has 1 aliphatic rings. The predicted octanol–water partition coefficient (Wildman–Crippen LogP) is 2.90. The lowest BCUT2D eigenvalue weighted by Crippen LogP contribution is -2.13. The Morgan fingerprint density at radius 3 is 2.95 bits per heavy atom. The molecule has 6 heteroatoms. The summed E-state index contributed by atoms with van der Waals surface area (Å²) in [5.74, 6) is 0.770. The first kappa shape index (κ1) is 13.2. The molecule has 2 heterocycles. The Morgan fingerprint density at radius 1 is 1.14 bits per heavy atom. The second kappa shape index (κ2) is 4.78. The van der Waals surface area contributed by atoms with Crippen molar-refractivity contribution in [2.45, 2.75) is 11.3 Å². The van der Waals surface area contributed by atoms with Gasteiger partial charge >= 0.3 is 0 Å². The monoisotopic (exact) mass is 314 g/mol. The molecule has 4 rings (SSSR count). The van der Waals surface area contributed by atoms with Gasteiger partial charge in [0.1, 0.15) is 5.75 Å². The molecule has 0 fully saturated rings. The Bertz CT molecular complexity index is 960. The van der Waals surface area contributed by atoms with Crippen LogP contribution in [-0.4, -0.2) is 20.0 Å². The smallest absolute Gasteiger partial charge is 0.261 e. The van der Waals surface area contributed by atoms with Crippen molar-refractivity contribution in [3.8, 4) is 5.75 Å². The van der Waals surface area contributed by atoms with Gasteiger partial charge in [0.25, 0.3) is 10.0 Å². The van der Waals surface area contributed by atoms with Gasteiger partial charge in [0.15, 0.2) is 0 Å². The van der Waals surface area contributed by atoms with Crippen LogP contribution in [0.25, 0.3) is 10.9 Å². The van der Waals surface area contributed by atoms with E-state index in [2.05, 4.69) is 9.71 Å². The lowest BCUT2D eigenvalue weighted by atomic mass is 10.2. The Balaban J connectivity index is 1.74. The molecule has 0 spiro atoms. The standard InChI is InChI=1S/C16H14N2O3S/c19-22(20,12-4-5-16-11(10-12)7-9-21-16)18-15-3-1-2-14-13(15)6-8-17-14/h1-6,8,10,17-18H,7,9H2. The lowest BCUT2D eigenvalue weighted by Gasteiger charge is -2.10. The molecule has 2 aromatic carbocycles. The Morgan fingerprint density at radius 2 is 2.05 bits per heavy atom. The highest BCUT2D eigenvalue weighted by Crippen LogP contribution is 2.29. The van der Waals surface area contributed by atoms with E-state index in [0.717, 1.165) is 28.6 Å². The summed E-state index contributed by atoms with van der Waals surface area (Å²) in [6.07, 6.45) is 2.53. The minimum Gasteiger partial charge on any atom is -0.493 e. The second-order valence-corrected chi connectivity index (χ2v) is 6.90. The minimum atomic E-state index is -3.62. The van der Waals surface area contributed by atoms with Crippen molar-refractivity contribution < 1.29 is 13.2 Å². The van der Waals surface area contributed by atoms with Crippen molar-refractivity contribution in [2.24, 2.45) is 0 Å². The molecule has 0 amide bonds. The number of rotatable bonds is 3. The van der Waals surface area contributed by atoms with Crippen LogP contribution in [0.2, 0.25) is 0 Å². The molecule has 1 aliphatic heterocycles. The quantitative estimate of drug-likeness (QED) is 0.781. The molecule has 0 radical (unpaired) electrons. The van der Waals surface area contributed by atoms with Crippen LogP contribution in [0.4, 0.5) is 5.69 Å². The van der Waals surface area contributed by atoms with E-state index < -0.39 is 10.0 Å². The number of fused-ring (bicyclic) bond motifs is 2. The summed E-state index contributed by atoms with van der Waals surface area (Å²) in [5.41, 5.74) is 2.39. The highest BCUT2D eigenvalue weighted by Gasteiger charge is 2.20. The van der Waals surface area contributed by atoms with Gasteiger partial charge in [0, 0.05) is 23.5 Å². The van der Waals surface area contributed by atoms with Crippen molar-refractivity contribution in [1.29, 1.82) is 0 Å². The molecule has 0 aliphatic carbocycles. The van der Waals surface area contributed by atoms with Crippen LogP contribution < -0.4 is 9.46 Å². The Hall–Kier alpha value is -2.47. The van der Waals surface area contributed by atoms with Crippen molar-refractivity contribution in [3.05, 3.63) is 54.2 Å². The number of sulfonamides is 1. The maximum absolute atomic E-state index is 12.6. The average Bonchev–Trinajstić information content (AvgIpc) is 3.15. The zero-order valence-corrected chi connectivity index (χ0v) is 12.5. The molecule has 0 saturated carbocycles. The number of nitrogens with one attached hydrogen (secondary N) is 2. The van der Waals surface area contributed by atoms with Gasteiger partial charge in [-0.25, -0.2) is 8.42 Å². The van der Waals surface area contributed by atoms with Gasteiger partial charge in [-0.05, 0) is 42.0 Å². The number of aromatic nitrogens is 1. The Kier molecular flexibility index (Phi) is 2.87. The van der Waals surface area contributed by atoms with Crippen LogP contribution in [0.1, 0.15) is 5.56 Å². The molecule has 0 atom stereocenters. The third-order valence-corrected chi connectivity index (χ3v) is 5.17. The van der Waals surface area contributed by atoms with E-state index in [9.17, 15) is 8.42 Å². The fourth-order valence-corrected chi connectivity index (χ4v) is 3.84. The molecule has 2 N–H and O–H groups in total. The van der Waals surface area contributed by atoms with Crippen molar-refractivity contribution in [2.75, 3.05) is 11.3 Å². The van der Waals surface area contributed by atoms with Gasteiger partial charge in [-0.1, -0.05) is 6.07 Å². The molecule has 0 unspecified atom stereocenters. The maximum atomic E-state index is 12.6. The van der Waals surface area contributed by atoms with E-state index in [1.165, 1.54) is 0 Å². The predicted molar refractivity (Wildman–Crippen MR) is 84.7 cm³/mol.